The maximum Gasteiger partial charge on any atom is 0.226 e. The van der Waals surface area contributed by atoms with Gasteiger partial charge in [0.15, 0.2) is 0 Å². The monoisotopic (exact) mass is 334 g/mol. The van der Waals surface area contributed by atoms with E-state index >= 15 is 0 Å². The third-order valence-corrected chi connectivity index (χ3v) is 5.41. The lowest BCUT2D eigenvalue weighted by Crippen LogP contribution is -2.47. The van der Waals surface area contributed by atoms with E-state index in [2.05, 4.69) is 5.32 Å². The first-order valence-corrected chi connectivity index (χ1v) is 8.34. The largest absolute Gasteiger partial charge is 0.390 e. The maximum atomic E-state index is 14.0. The van der Waals surface area contributed by atoms with Gasteiger partial charge in [0.1, 0.15) is 5.82 Å². The summed E-state index contributed by atoms with van der Waals surface area (Å²) in [6.45, 7) is 1.44. The molecule has 2 aliphatic carbocycles. The highest BCUT2D eigenvalue weighted by atomic mass is 19.1. The van der Waals surface area contributed by atoms with Crippen LogP contribution in [0.2, 0.25) is 0 Å². The van der Waals surface area contributed by atoms with Crippen LogP contribution in [0.1, 0.15) is 38.2 Å². The van der Waals surface area contributed by atoms with Crippen molar-refractivity contribution in [2.75, 3.05) is 7.05 Å². The van der Waals surface area contributed by atoms with E-state index in [9.17, 15) is 19.1 Å². The molecule has 3 atom stereocenters. The molecule has 0 bridgehead atoms. The van der Waals surface area contributed by atoms with Gasteiger partial charge in [0, 0.05) is 19.5 Å². The number of benzene rings is 1. The molecule has 2 amide bonds. The first-order valence-electron chi connectivity index (χ1n) is 8.34. The van der Waals surface area contributed by atoms with Crippen molar-refractivity contribution in [2.45, 2.75) is 50.3 Å². The van der Waals surface area contributed by atoms with Crippen LogP contribution < -0.4 is 5.32 Å². The summed E-state index contributed by atoms with van der Waals surface area (Å²) in [5, 5.41) is 13.4. The van der Waals surface area contributed by atoms with E-state index in [0.717, 1.165) is 0 Å². The number of amides is 2. The lowest BCUT2D eigenvalue weighted by molar-refractivity contribution is -0.135. The third kappa shape index (κ3) is 2.90. The summed E-state index contributed by atoms with van der Waals surface area (Å²) in [4.78, 5) is 25.6. The van der Waals surface area contributed by atoms with Gasteiger partial charge in [-0.25, -0.2) is 4.39 Å². The highest BCUT2D eigenvalue weighted by Crippen LogP contribution is 2.47. The van der Waals surface area contributed by atoms with Crippen LogP contribution in [-0.4, -0.2) is 41.0 Å². The average molecular weight is 334 g/mol. The number of nitrogens with one attached hydrogen (secondary N) is 1. The molecule has 130 valence electrons. The predicted octanol–water partition coefficient (Wildman–Crippen LogP) is 1.55. The lowest BCUT2D eigenvalue weighted by Gasteiger charge is -2.28. The molecule has 3 rings (SSSR count). The van der Waals surface area contributed by atoms with E-state index in [-0.39, 0.29) is 23.7 Å². The molecule has 0 spiro atoms. The fourth-order valence-electron chi connectivity index (χ4n) is 3.67. The highest BCUT2D eigenvalue weighted by Gasteiger charge is 2.50. The third-order valence-electron chi connectivity index (χ3n) is 5.41. The van der Waals surface area contributed by atoms with Crippen LogP contribution in [0.4, 0.5) is 4.39 Å². The SMILES string of the molecule is CC(=O)N(C)[C@@H]1CC[C@@H](C(=O)NC2(c3ccccc3F)CC2)[C@@H]1O. The van der Waals surface area contributed by atoms with Crippen molar-refractivity contribution in [3.05, 3.63) is 35.6 Å². The number of hydrogen-bond donors (Lipinski definition) is 2. The van der Waals surface area contributed by atoms with Gasteiger partial charge < -0.3 is 15.3 Å². The Labute approximate surface area is 140 Å². The van der Waals surface area contributed by atoms with Gasteiger partial charge in [0.2, 0.25) is 11.8 Å². The maximum absolute atomic E-state index is 14.0. The molecule has 0 aliphatic heterocycles. The van der Waals surface area contributed by atoms with Gasteiger partial charge in [-0.2, -0.15) is 0 Å². The standard InChI is InChI=1S/C18H23FN2O3/c1-11(22)21(2)15-8-7-12(16(15)23)17(24)20-18(9-10-18)13-5-3-4-6-14(13)19/h3-6,12,15-16,23H,7-10H2,1-2H3,(H,20,24)/t12-,15-,16+/m1/s1. The molecule has 1 aromatic carbocycles. The van der Waals surface area contributed by atoms with Gasteiger partial charge in [0.05, 0.1) is 23.6 Å². The summed E-state index contributed by atoms with van der Waals surface area (Å²) in [6, 6.07) is 6.12. The second-order valence-corrected chi connectivity index (χ2v) is 6.92. The van der Waals surface area contributed by atoms with Crippen LogP contribution in [0.5, 0.6) is 0 Å². The Hall–Kier alpha value is -1.95. The first kappa shape index (κ1) is 16.9. The van der Waals surface area contributed by atoms with Crippen molar-refractivity contribution < 1.29 is 19.1 Å². The number of rotatable bonds is 4. The quantitative estimate of drug-likeness (QED) is 0.878. The van der Waals surface area contributed by atoms with E-state index in [1.54, 1.807) is 25.2 Å². The second-order valence-electron chi connectivity index (χ2n) is 6.92. The number of hydrogen-bond acceptors (Lipinski definition) is 3. The predicted molar refractivity (Wildman–Crippen MR) is 86.4 cm³/mol. The Morgan fingerprint density at radius 3 is 2.54 bits per heavy atom. The minimum atomic E-state index is -0.893. The minimum absolute atomic E-state index is 0.134. The van der Waals surface area contributed by atoms with E-state index in [1.807, 2.05) is 0 Å². The van der Waals surface area contributed by atoms with Crippen LogP contribution in [0.15, 0.2) is 24.3 Å². The second kappa shape index (κ2) is 6.16. The molecular formula is C18H23FN2O3. The number of aliphatic hydroxyl groups excluding tert-OH is 1. The minimum Gasteiger partial charge on any atom is -0.390 e. The average Bonchev–Trinajstić information content (AvgIpc) is 3.20. The number of carbonyl (C=O) groups excluding carboxylic acids is 2. The van der Waals surface area contributed by atoms with Crippen molar-refractivity contribution in [3.63, 3.8) is 0 Å². The molecule has 6 heteroatoms. The Bertz CT molecular complexity index is 659. The van der Waals surface area contributed by atoms with Crippen molar-refractivity contribution >= 4 is 11.8 Å². The first-order chi connectivity index (χ1) is 11.4. The molecule has 0 saturated heterocycles. The number of nitrogens with zero attached hydrogens (tertiary/aromatic N) is 1. The molecule has 0 radical (unpaired) electrons. The topological polar surface area (TPSA) is 69.6 Å². The summed E-state index contributed by atoms with van der Waals surface area (Å²) >= 11 is 0. The van der Waals surface area contributed by atoms with Crippen molar-refractivity contribution in [3.8, 4) is 0 Å². The van der Waals surface area contributed by atoms with Crippen LogP contribution in [0, 0.1) is 11.7 Å². The summed E-state index contributed by atoms with van der Waals surface area (Å²) in [5.74, 6) is -1.29. The number of aliphatic hydroxyl groups is 1. The Kier molecular flexibility index (Phi) is 4.34. The van der Waals surface area contributed by atoms with Gasteiger partial charge in [-0.3, -0.25) is 9.59 Å². The summed E-state index contributed by atoms with van der Waals surface area (Å²) in [5.41, 5.74) is -0.143. The Morgan fingerprint density at radius 1 is 1.29 bits per heavy atom. The molecular weight excluding hydrogens is 311 g/mol. The summed E-state index contributed by atoms with van der Waals surface area (Å²) in [7, 11) is 1.64. The Balaban J connectivity index is 1.70. The van der Waals surface area contributed by atoms with Crippen LogP contribution in [-0.2, 0) is 15.1 Å². The van der Waals surface area contributed by atoms with Crippen molar-refractivity contribution in [1.29, 1.82) is 0 Å². The molecule has 5 nitrogen and oxygen atoms in total. The van der Waals surface area contributed by atoms with Gasteiger partial charge in [-0.05, 0) is 31.7 Å². The molecule has 0 aromatic heterocycles. The molecule has 0 unspecified atom stereocenters. The van der Waals surface area contributed by atoms with E-state index < -0.39 is 17.6 Å². The van der Waals surface area contributed by atoms with Gasteiger partial charge >= 0.3 is 0 Å². The van der Waals surface area contributed by atoms with Crippen LogP contribution in [0.25, 0.3) is 0 Å². The van der Waals surface area contributed by atoms with Crippen molar-refractivity contribution in [2.24, 2.45) is 5.92 Å². The molecule has 2 fully saturated rings. The molecule has 24 heavy (non-hydrogen) atoms. The molecule has 0 heterocycles. The summed E-state index contributed by atoms with van der Waals surface area (Å²) in [6.07, 6.45) is 1.60. The highest BCUT2D eigenvalue weighted by molar-refractivity contribution is 5.81. The molecule has 2 saturated carbocycles. The van der Waals surface area contributed by atoms with E-state index in [1.165, 1.54) is 17.9 Å². The summed E-state index contributed by atoms with van der Waals surface area (Å²) < 4.78 is 14.0. The van der Waals surface area contributed by atoms with Crippen molar-refractivity contribution in [1.82, 2.24) is 10.2 Å². The number of halogens is 1. The van der Waals surface area contributed by atoms with Gasteiger partial charge in [-0.15, -0.1) is 0 Å². The molecule has 2 aliphatic rings. The number of carbonyl (C=O) groups is 2. The Morgan fingerprint density at radius 2 is 1.96 bits per heavy atom. The van der Waals surface area contributed by atoms with E-state index in [0.29, 0.717) is 31.2 Å². The zero-order valence-electron chi connectivity index (χ0n) is 14.0. The van der Waals surface area contributed by atoms with Gasteiger partial charge in [-0.1, -0.05) is 18.2 Å². The smallest absolute Gasteiger partial charge is 0.226 e. The van der Waals surface area contributed by atoms with Crippen LogP contribution in [0.3, 0.4) is 0 Å². The van der Waals surface area contributed by atoms with Gasteiger partial charge in [0.25, 0.3) is 0 Å². The number of likely N-dealkylation sites (N-methyl/N-ethyl adjacent to an activating group) is 1. The normalized spacial score (nSPS) is 27.6. The zero-order valence-corrected chi connectivity index (χ0v) is 14.0. The fourth-order valence-corrected chi connectivity index (χ4v) is 3.67. The van der Waals surface area contributed by atoms with Crippen LogP contribution >= 0.6 is 0 Å². The molecule has 2 N–H and O–H groups in total. The van der Waals surface area contributed by atoms with E-state index in [4.69, 9.17) is 0 Å². The molecule has 1 aromatic rings. The lowest BCUT2D eigenvalue weighted by atomic mass is 9.99. The fraction of sp³-hybridized carbons (Fsp3) is 0.556. The zero-order chi connectivity index (χ0) is 17.5.